The number of H-pyrrole nitrogens is 1. The van der Waals surface area contributed by atoms with Crippen LogP contribution in [0.1, 0.15) is 55.2 Å². The van der Waals surface area contributed by atoms with Crippen LogP contribution in [0.25, 0.3) is 22.7 Å². The molecule has 2 amide bonds. The third kappa shape index (κ3) is 6.42. The molecule has 210 valence electrons. The Morgan fingerprint density at radius 3 is 2.76 bits per heavy atom. The lowest BCUT2D eigenvalue weighted by Crippen LogP contribution is -2.38. The predicted octanol–water partition coefficient (Wildman–Crippen LogP) is 4.89. The van der Waals surface area contributed by atoms with Gasteiger partial charge in [-0.1, -0.05) is 12.1 Å². The molecule has 4 aromatic rings. The number of aliphatic hydroxyl groups is 1. The summed E-state index contributed by atoms with van der Waals surface area (Å²) in [6, 6.07) is 10.4. The van der Waals surface area contributed by atoms with E-state index in [1.165, 1.54) is 17.4 Å². The molecule has 1 aromatic carbocycles. The second-order valence-corrected chi connectivity index (χ2v) is 10.7. The number of oxazole rings is 1. The maximum absolute atomic E-state index is 13.0. The van der Waals surface area contributed by atoms with E-state index in [0.29, 0.717) is 51.9 Å². The van der Waals surface area contributed by atoms with Crippen molar-refractivity contribution >= 4 is 23.5 Å². The second kappa shape index (κ2) is 11.2. The van der Waals surface area contributed by atoms with Gasteiger partial charge in [-0.15, -0.1) is 0 Å². The van der Waals surface area contributed by atoms with Crippen molar-refractivity contribution < 1.29 is 23.8 Å². The van der Waals surface area contributed by atoms with E-state index >= 15 is 0 Å². The van der Waals surface area contributed by atoms with Crippen LogP contribution in [0.3, 0.4) is 0 Å². The number of ether oxygens (including phenoxy) is 1. The Morgan fingerprint density at radius 2 is 2.05 bits per heavy atom. The van der Waals surface area contributed by atoms with Crippen LogP contribution in [0.5, 0.6) is 0 Å². The molecule has 0 saturated heterocycles. The largest absolute Gasteiger partial charge is 0.444 e. The lowest BCUT2D eigenvalue weighted by atomic mass is 10.0. The Balaban J connectivity index is 1.34. The van der Waals surface area contributed by atoms with E-state index in [1.807, 2.05) is 20.8 Å². The zero-order valence-electron chi connectivity index (χ0n) is 22.8. The van der Waals surface area contributed by atoms with Crippen molar-refractivity contribution in [3.63, 3.8) is 0 Å². The number of hydrogen-bond acceptors (Lipinski definition) is 9. The number of aromatic nitrogens is 4. The van der Waals surface area contributed by atoms with Crippen molar-refractivity contribution in [2.45, 2.75) is 45.8 Å². The first kappa shape index (κ1) is 27.5. The third-order valence-electron chi connectivity index (χ3n) is 6.33. The normalized spacial score (nSPS) is 13.0. The lowest BCUT2D eigenvalue weighted by Gasteiger charge is -2.27. The Bertz CT molecular complexity index is 1620. The molecule has 5 rings (SSSR count). The summed E-state index contributed by atoms with van der Waals surface area (Å²) in [5.74, 6) is 0.449. The van der Waals surface area contributed by atoms with Crippen molar-refractivity contribution in [1.82, 2.24) is 20.2 Å². The minimum absolute atomic E-state index is 0.0285. The Morgan fingerprint density at radius 1 is 1.24 bits per heavy atom. The van der Waals surface area contributed by atoms with Gasteiger partial charge in [0.05, 0.1) is 35.8 Å². The fraction of sp³-hybridized carbons (Fsp3) is 0.310. The first-order valence-corrected chi connectivity index (χ1v) is 13.1. The van der Waals surface area contributed by atoms with E-state index in [2.05, 4.69) is 31.6 Å². The molecule has 3 N–H and O–H groups in total. The number of carbonyl (C=O) groups excluding carboxylic acids is 2. The average Bonchev–Trinajstić information content (AvgIpc) is 3.42. The van der Waals surface area contributed by atoms with Gasteiger partial charge in [0.25, 0.3) is 5.91 Å². The van der Waals surface area contributed by atoms with Crippen LogP contribution < -0.4 is 10.2 Å². The summed E-state index contributed by atoms with van der Waals surface area (Å²) < 4.78 is 11.2. The number of anilines is 2. The van der Waals surface area contributed by atoms with Gasteiger partial charge in [0.15, 0.2) is 5.69 Å². The van der Waals surface area contributed by atoms with Crippen LogP contribution >= 0.6 is 0 Å². The van der Waals surface area contributed by atoms with Gasteiger partial charge in [-0.2, -0.15) is 10.4 Å². The van der Waals surface area contributed by atoms with E-state index in [4.69, 9.17) is 9.15 Å². The SMILES string of the molecule is CC(C)(C)OC(=O)N(CC1CC1)c1cc(-c2nc(C(=O)Nc3cn[nH]c3-c3ccc(CO)c(C#N)c3)co2)ccn1. The fourth-order valence-corrected chi connectivity index (χ4v) is 4.11. The monoisotopic (exact) mass is 555 g/mol. The lowest BCUT2D eigenvalue weighted by molar-refractivity contribution is 0.0577. The van der Waals surface area contributed by atoms with Gasteiger partial charge in [-0.3, -0.25) is 14.8 Å². The summed E-state index contributed by atoms with van der Waals surface area (Å²) in [7, 11) is 0. The van der Waals surface area contributed by atoms with E-state index in [-0.39, 0.29) is 18.2 Å². The van der Waals surface area contributed by atoms with E-state index in [1.54, 1.807) is 36.5 Å². The molecule has 0 unspecified atom stereocenters. The number of aromatic amines is 1. The molecular formula is C29H29N7O5. The summed E-state index contributed by atoms with van der Waals surface area (Å²) >= 11 is 0. The van der Waals surface area contributed by atoms with E-state index < -0.39 is 17.6 Å². The van der Waals surface area contributed by atoms with Crippen molar-refractivity contribution in [1.29, 1.82) is 5.26 Å². The molecule has 1 aliphatic rings. The van der Waals surface area contributed by atoms with E-state index in [0.717, 1.165) is 12.8 Å². The maximum Gasteiger partial charge on any atom is 0.416 e. The minimum atomic E-state index is -0.656. The zero-order valence-corrected chi connectivity index (χ0v) is 22.8. The van der Waals surface area contributed by atoms with Crippen molar-refractivity contribution in [2.24, 2.45) is 5.92 Å². The number of benzene rings is 1. The number of nitriles is 1. The van der Waals surface area contributed by atoms with Gasteiger partial charge >= 0.3 is 6.09 Å². The Kier molecular flexibility index (Phi) is 7.54. The summed E-state index contributed by atoms with van der Waals surface area (Å²) in [4.78, 5) is 36.3. The topological polar surface area (TPSA) is 170 Å². The Hall–Kier alpha value is -5.02. The van der Waals surface area contributed by atoms with Gasteiger partial charge < -0.3 is 19.6 Å². The van der Waals surface area contributed by atoms with E-state index in [9.17, 15) is 20.0 Å². The molecule has 41 heavy (non-hydrogen) atoms. The highest BCUT2D eigenvalue weighted by Gasteiger charge is 2.31. The quantitative estimate of drug-likeness (QED) is 0.274. The molecule has 0 bridgehead atoms. The molecule has 0 aliphatic heterocycles. The highest BCUT2D eigenvalue weighted by Crippen LogP contribution is 2.33. The van der Waals surface area contributed by atoms with Crippen molar-refractivity contribution in [3.8, 4) is 28.8 Å². The standard InChI is InChI=1S/C29H29N7O5/c1-29(2,3)41-28(39)36(14-17-4-5-17)24-11-19(8-9-31-24)27-34-23(16-40-27)26(38)33-22-13-32-35-25(22)18-6-7-20(15-37)21(10-18)12-30/h6-11,13,16-17,37H,4-5,14-15H2,1-3H3,(H,32,35)(H,33,38). The minimum Gasteiger partial charge on any atom is -0.444 e. The van der Waals surface area contributed by atoms with Gasteiger partial charge in [0.1, 0.15) is 17.7 Å². The number of rotatable bonds is 8. The van der Waals surface area contributed by atoms with Crippen LogP contribution in [0.2, 0.25) is 0 Å². The molecule has 12 heteroatoms. The number of carbonyl (C=O) groups is 2. The zero-order chi connectivity index (χ0) is 29.1. The molecule has 3 heterocycles. The second-order valence-electron chi connectivity index (χ2n) is 10.7. The van der Waals surface area contributed by atoms with Gasteiger partial charge in [0.2, 0.25) is 5.89 Å². The van der Waals surface area contributed by atoms with Crippen molar-refractivity contribution in [3.05, 3.63) is 65.8 Å². The third-order valence-corrected chi connectivity index (χ3v) is 6.33. The molecular weight excluding hydrogens is 526 g/mol. The number of aliphatic hydroxyl groups excluding tert-OH is 1. The molecule has 3 aromatic heterocycles. The fourth-order valence-electron chi connectivity index (χ4n) is 4.11. The molecule has 1 fully saturated rings. The number of pyridine rings is 1. The first-order chi connectivity index (χ1) is 19.6. The number of nitrogens with one attached hydrogen (secondary N) is 2. The van der Waals surface area contributed by atoms with Gasteiger partial charge in [-0.05, 0) is 63.3 Å². The predicted molar refractivity (Wildman–Crippen MR) is 149 cm³/mol. The van der Waals surface area contributed by atoms with Gasteiger partial charge in [-0.25, -0.2) is 14.8 Å². The summed E-state index contributed by atoms with van der Waals surface area (Å²) in [5.41, 5.74) is 2.19. The molecule has 1 saturated carbocycles. The number of nitrogens with zero attached hydrogens (tertiary/aromatic N) is 5. The maximum atomic E-state index is 13.0. The Labute approximate surface area is 236 Å². The molecule has 0 radical (unpaired) electrons. The summed E-state index contributed by atoms with van der Waals surface area (Å²) in [5, 5.41) is 28.4. The van der Waals surface area contributed by atoms with Gasteiger partial charge in [0, 0.05) is 23.9 Å². The summed E-state index contributed by atoms with van der Waals surface area (Å²) in [6.45, 7) is 5.67. The summed E-state index contributed by atoms with van der Waals surface area (Å²) in [6.07, 6.45) is 5.84. The number of amides is 2. The molecule has 0 spiro atoms. The molecule has 12 nitrogen and oxygen atoms in total. The number of hydrogen-bond donors (Lipinski definition) is 3. The highest BCUT2D eigenvalue weighted by atomic mass is 16.6. The molecule has 0 atom stereocenters. The van der Waals surface area contributed by atoms with Crippen LogP contribution in [0, 0.1) is 17.2 Å². The van der Waals surface area contributed by atoms with Crippen molar-refractivity contribution in [2.75, 3.05) is 16.8 Å². The van der Waals surface area contributed by atoms with Crippen LogP contribution in [-0.2, 0) is 11.3 Å². The molecule has 1 aliphatic carbocycles. The van der Waals surface area contributed by atoms with Crippen LogP contribution in [-0.4, -0.2) is 49.4 Å². The highest BCUT2D eigenvalue weighted by molar-refractivity contribution is 6.04. The average molecular weight is 556 g/mol. The first-order valence-electron chi connectivity index (χ1n) is 13.1. The van der Waals surface area contributed by atoms with Crippen LogP contribution in [0.15, 0.2) is 53.4 Å². The van der Waals surface area contributed by atoms with Crippen LogP contribution in [0.4, 0.5) is 16.3 Å². The smallest absolute Gasteiger partial charge is 0.416 e.